The summed E-state index contributed by atoms with van der Waals surface area (Å²) in [6.45, 7) is 2.43. The summed E-state index contributed by atoms with van der Waals surface area (Å²) in [5.74, 6) is -0.471. The van der Waals surface area contributed by atoms with Crippen LogP contribution in [0.2, 0.25) is 5.02 Å². The van der Waals surface area contributed by atoms with E-state index in [1.165, 1.54) is 11.6 Å². The summed E-state index contributed by atoms with van der Waals surface area (Å²) in [5, 5.41) is 9.06. The fourth-order valence-corrected chi connectivity index (χ4v) is 2.81. The van der Waals surface area contributed by atoms with Crippen LogP contribution in [-0.2, 0) is 11.4 Å². The molecule has 0 fully saturated rings. The molecule has 0 amide bonds. The molecule has 2 aromatic rings. The fraction of sp³-hybridized carbons (Fsp3) is 0.118. The molecular formula is C17H14BrClO3. The van der Waals surface area contributed by atoms with Gasteiger partial charge in [0.1, 0.15) is 6.61 Å². The van der Waals surface area contributed by atoms with Gasteiger partial charge in [-0.25, -0.2) is 4.79 Å². The summed E-state index contributed by atoms with van der Waals surface area (Å²) in [6, 6.07) is 11.5. The van der Waals surface area contributed by atoms with E-state index in [-0.39, 0.29) is 0 Å². The second-order valence-electron chi connectivity index (χ2n) is 4.76. The molecule has 0 heterocycles. The van der Waals surface area contributed by atoms with E-state index in [0.717, 1.165) is 11.6 Å². The summed E-state index contributed by atoms with van der Waals surface area (Å²) in [4.78, 5) is 10.5. The molecule has 0 saturated carbocycles. The number of carboxylic acid groups (broad SMARTS) is 1. The smallest absolute Gasteiger partial charge is 0.328 e. The molecule has 0 radical (unpaired) electrons. The van der Waals surface area contributed by atoms with Crippen molar-refractivity contribution in [3.63, 3.8) is 0 Å². The van der Waals surface area contributed by atoms with E-state index in [9.17, 15) is 4.79 Å². The molecule has 0 aliphatic heterocycles. The Morgan fingerprint density at radius 2 is 2.00 bits per heavy atom. The highest BCUT2D eigenvalue weighted by Crippen LogP contribution is 2.35. The van der Waals surface area contributed by atoms with E-state index in [4.69, 9.17) is 21.4 Å². The Balaban J connectivity index is 2.14. The molecular weight excluding hydrogens is 368 g/mol. The highest BCUT2D eigenvalue weighted by atomic mass is 79.9. The molecule has 0 aliphatic rings. The molecule has 0 aromatic heterocycles. The van der Waals surface area contributed by atoms with Gasteiger partial charge in [-0.05, 0) is 52.2 Å². The zero-order chi connectivity index (χ0) is 16.1. The Kier molecular flexibility index (Phi) is 5.63. The highest BCUT2D eigenvalue weighted by Gasteiger charge is 2.09. The molecule has 22 heavy (non-hydrogen) atoms. The van der Waals surface area contributed by atoms with Crippen LogP contribution in [0.3, 0.4) is 0 Å². The third-order valence-corrected chi connectivity index (χ3v) is 3.81. The first-order chi connectivity index (χ1) is 10.5. The molecule has 0 aliphatic carbocycles. The number of aliphatic carboxylic acids is 1. The first kappa shape index (κ1) is 16.6. The minimum Gasteiger partial charge on any atom is -0.486 e. The lowest BCUT2D eigenvalue weighted by Gasteiger charge is -2.11. The molecule has 0 atom stereocenters. The first-order valence-corrected chi connectivity index (χ1v) is 7.71. The molecule has 0 unspecified atom stereocenters. The van der Waals surface area contributed by atoms with Crippen LogP contribution in [0.25, 0.3) is 6.08 Å². The van der Waals surface area contributed by atoms with Gasteiger partial charge >= 0.3 is 5.97 Å². The van der Waals surface area contributed by atoms with E-state index < -0.39 is 5.97 Å². The number of carbonyl (C=O) groups is 1. The van der Waals surface area contributed by atoms with Gasteiger partial charge in [0.05, 0.1) is 9.50 Å². The largest absolute Gasteiger partial charge is 0.486 e. The van der Waals surface area contributed by atoms with Crippen molar-refractivity contribution in [1.82, 2.24) is 0 Å². The Hall–Kier alpha value is -1.78. The van der Waals surface area contributed by atoms with Gasteiger partial charge in [0.25, 0.3) is 0 Å². The zero-order valence-corrected chi connectivity index (χ0v) is 14.2. The molecule has 0 saturated heterocycles. The predicted octanol–water partition coefficient (Wildman–Crippen LogP) is 5.09. The summed E-state index contributed by atoms with van der Waals surface area (Å²) in [5.41, 5.74) is 2.92. The van der Waals surface area contributed by atoms with Crippen molar-refractivity contribution >= 4 is 39.6 Å². The third-order valence-electron chi connectivity index (χ3n) is 2.94. The quantitative estimate of drug-likeness (QED) is 0.734. The van der Waals surface area contributed by atoms with Gasteiger partial charge < -0.3 is 9.84 Å². The minimum absolute atomic E-state index is 0.406. The van der Waals surface area contributed by atoms with Crippen LogP contribution < -0.4 is 4.74 Å². The molecule has 5 heteroatoms. The number of halogens is 2. The maximum Gasteiger partial charge on any atom is 0.328 e. The Morgan fingerprint density at radius 1 is 1.32 bits per heavy atom. The molecule has 0 bridgehead atoms. The van der Waals surface area contributed by atoms with E-state index in [1.807, 2.05) is 31.2 Å². The van der Waals surface area contributed by atoms with Crippen LogP contribution in [0.1, 0.15) is 16.7 Å². The number of carboxylic acids is 1. The average Bonchev–Trinajstić information content (AvgIpc) is 2.46. The number of ether oxygens (including phenoxy) is 1. The maximum absolute atomic E-state index is 10.5. The van der Waals surface area contributed by atoms with Crippen LogP contribution in [0.15, 0.2) is 46.9 Å². The van der Waals surface area contributed by atoms with E-state index in [2.05, 4.69) is 15.9 Å². The van der Waals surface area contributed by atoms with Gasteiger partial charge in [-0.3, -0.25) is 0 Å². The lowest BCUT2D eigenvalue weighted by atomic mass is 10.1. The maximum atomic E-state index is 10.5. The molecule has 0 spiro atoms. The van der Waals surface area contributed by atoms with Crippen molar-refractivity contribution in [3.8, 4) is 5.75 Å². The van der Waals surface area contributed by atoms with Crippen LogP contribution >= 0.6 is 27.5 Å². The van der Waals surface area contributed by atoms with Gasteiger partial charge in [-0.2, -0.15) is 0 Å². The second-order valence-corrected chi connectivity index (χ2v) is 6.02. The zero-order valence-electron chi connectivity index (χ0n) is 11.8. The van der Waals surface area contributed by atoms with E-state index >= 15 is 0 Å². The topological polar surface area (TPSA) is 46.5 Å². The predicted molar refractivity (Wildman–Crippen MR) is 91.3 cm³/mol. The number of benzene rings is 2. The van der Waals surface area contributed by atoms with Gasteiger partial charge in [0.15, 0.2) is 5.75 Å². The van der Waals surface area contributed by atoms with Crippen LogP contribution in [0.4, 0.5) is 0 Å². The average molecular weight is 382 g/mol. The highest BCUT2D eigenvalue weighted by molar-refractivity contribution is 9.10. The van der Waals surface area contributed by atoms with Crippen LogP contribution in [0.5, 0.6) is 5.75 Å². The van der Waals surface area contributed by atoms with Crippen molar-refractivity contribution in [2.75, 3.05) is 0 Å². The normalized spacial score (nSPS) is 10.9. The second kappa shape index (κ2) is 7.47. The molecule has 1 N–H and O–H groups in total. The summed E-state index contributed by atoms with van der Waals surface area (Å²) >= 11 is 9.60. The first-order valence-electron chi connectivity index (χ1n) is 6.54. The third kappa shape index (κ3) is 4.61. The van der Waals surface area contributed by atoms with Gasteiger partial charge in [-0.15, -0.1) is 0 Å². The van der Waals surface area contributed by atoms with Crippen molar-refractivity contribution in [2.45, 2.75) is 13.5 Å². The van der Waals surface area contributed by atoms with Gasteiger partial charge in [0.2, 0.25) is 0 Å². The van der Waals surface area contributed by atoms with E-state index in [0.29, 0.717) is 27.4 Å². The Bertz CT molecular complexity index is 685. The summed E-state index contributed by atoms with van der Waals surface area (Å²) in [7, 11) is 0. The summed E-state index contributed by atoms with van der Waals surface area (Å²) < 4.78 is 6.43. The number of hydrogen-bond acceptors (Lipinski definition) is 2. The number of hydrogen-bond donors (Lipinski definition) is 1. The van der Waals surface area contributed by atoms with Crippen LogP contribution in [-0.4, -0.2) is 11.1 Å². The number of aryl methyl sites for hydroxylation is 1. The fourth-order valence-electron chi connectivity index (χ4n) is 1.82. The number of rotatable bonds is 5. The van der Waals surface area contributed by atoms with Crippen molar-refractivity contribution in [2.24, 2.45) is 0 Å². The Morgan fingerprint density at radius 3 is 2.59 bits per heavy atom. The lowest BCUT2D eigenvalue weighted by Crippen LogP contribution is -1.97. The molecule has 3 nitrogen and oxygen atoms in total. The van der Waals surface area contributed by atoms with Crippen molar-refractivity contribution in [3.05, 3.63) is 68.7 Å². The van der Waals surface area contributed by atoms with Crippen LogP contribution in [0, 0.1) is 6.92 Å². The SMILES string of the molecule is Cc1ccc(COc2c(Cl)cc(/C=C/C(=O)O)cc2Br)cc1. The minimum atomic E-state index is -1.01. The molecule has 2 rings (SSSR count). The van der Waals surface area contributed by atoms with Gasteiger partial charge in [0, 0.05) is 6.08 Å². The monoisotopic (exact) mass is 380 g/mol. The van der Waals surface area contributed by atoms with Crippen molar-refractivity contribution < 1.29 is 14.6 Å². The lowest BCUT2D eigenvalue weighted by molar-refractivity contribution is -0.131. The summed E-state index contributed by atoms with van der Waals surface area (Å²) in [6.07, 6.45) is 2.54. The standard InChI is InChI=1S/C17H14BrClO3/c1-11-2-4-12(5-3-11)10-22-17-14(18)8-13(9-15(17)19)6-7-16(20)21/h2-9H,10H2,1H3,(H,20,21)/b7-6+. The van der Waals surface area contributed by atoms with Gasteiger partial charge in [-0.1, -0.05) is 41.4 Å². The Labute approximate surface area is 142 Å². The van der Waals surface area contributed by atoms with E-state index in [1.54, 1.807) is 12.1 Å². The van der Waals surface area contributed by atoms with Crippen molar-refractivity contribution in [1.29, 1.82) is 0 Å². The molecule has 114 valence electrons. The molecule has 2 aromatic carbocycles.